The number of aromatic nitrogens is 1. The van der Waals surface area contributed by atoms with Crippen LogP contribution < -0.4 is 9.62 Å². The van der Waals surface area contributed by atoms with Crippen LogP contribution in [0, 0.1) is 11.8 Å². The molecule has 2 fully saturated rings. The van der Waals surface area contributed by atoms with Gasteiger partial charge in [0.05, 0.1) is 4.47 Å². The summed E-state index contributed by atoms with van der Waals surface area (Å²) in [6.45, 7) is 2.62. The number of phenols is 1. The number of aliphatic carboxylic acids is 1. The van der Waals surface area contributed by atoms with Gasteiger partial charge >= 0.3 is 5.97 Å². The van der Waals surface area contributed by atoms with E-state index in [9.17, 15) is 31.8 Å². The summed E-state index contributed by atoms with van der Waals surface area (Å²) in [7, 11) is -7.71. The monoisotopic (exact) mass is 866 g/mol. The average Bonchev–Trinajstić information content (AvgIpc) is 3.40. The SMILES string of the molecule is O=C(O)C(Cc1ccc(O)cc1)NS(=O)(=O)c1cnc(N2CCC(CCCC3CCN(S(=O)(=O)c4cc(Br)c(Cl)s4)CC3)CC2)c(Br)c1. The first-order valence-corrected chi connectivity index (χ1v) is 21.3. The normalized spacial score (nSPS) is 17.9. The lowest BCUT2D eigenvalue weighted by Gasteiger charge is -2.34. The minimum Gasteiger partial charge on any atom is -0.508 e. The fourth-order valence-electron chi connectivity index (χ4n) is 6.24. The van der Waals surface area contributed by atoms with Gasteiger partial charge in [-0.3, -0.25) is 4.79 Å². The third-order valence-corrected chi connectivity index (χ3v) is 15.9. The maximum absolute atomic E-state index is 13.1. The first-order chi connectivity index (χ1) is 22.7. The number of pyridine rings is 1. The van der Waals surface area contributed by atoms with Crippen LogP contribution in [0.5, 0.6) is 5.75 Å². The Bertz CT molecular complexity index is 1790. The highest BCUT2D eigenvalue weighted by Crippen LogP contribution is 2.37. The number of nitrogens with one attached hydrogen (secondary N) is 1. The number of sulfonamides is 2. The zero-order valence-electron chi connectivity index (χ0n) is 25.9. The predicted molar refractivity (Wildman–Crippen MR) is 193 cm³/mol. The number of hydrogen-bond acceptors (Lipinski definition) is 9. The summed E-state index contributed by atoms with van der Waals surface area (Å²) in [5.41, 5.74) is 0.560. The first-order valence-electron chi connectivity index (χ1n) is 15.6. The van der Waals surface area contributed by atoms with Gasteiger partial charge in [0, 0.05) is 36.8 Å². The van der Waals surface area contributed by atoms with Crippen LogP contribution >= 0.6 is 54.8 Å². The first kappa shape index (κ1) is 37.5. The molecule has 11 nitrogen and oxygen atoms in total. The van der Waals surface area contributed by atoms with Gasteiger partial charge in [-0.2, -0.15) is 9.03 Å². The molecule has 0 saturated carbocycles. The number of piperidine rings is 2. The van der Waals surface area contributed by atoms with E-state index in [1.54, 1.807) is 22.5 Å². The van der Waals surface area contributed by atoms with Crippen LogP contribution in [0.2, 0.25) is 4.34 Å². The molecule has 2 aromatic heterocycles. The van der Waals surface area contributed by atoms with E-state index < -0.39 is 32.1 Å². The molecule has 3 aromatic rings. The number of carbonyl (C=O) groups is 1. The lowest BCUT2D eigenvalue weighted by Crippen LogP contribution is -2.42. The van der Waals surface area contributed by atoms with Crippen LogP contribution in [0.4, 0.5) is 5.82 Å². The van der Waals surface area contributed by atoms with Crippen molar-refractivity contribution in [2.45, 2.75) is 66.5 Å². The molecule has 2 saturated heterocycles. The largest absolute Gasteiger partial charge is 0.508 e. The number of nitrogens with zero attached hydrogens (tertiary/aromatic N) is 3. The van der Waals surface area contributed by atoms with Crippen molar-refractivity contribution in [3.05, 3.63) is 61.4 Å². The Kier molecular flexibility index (Phi) is 12.5. The molecule has 262 valence electrons. The highest BCUT2D eigenvalue weighted by molar-refractivity contribution is 9.11. The fraction of sp³-hybridized carbons (Fsp3) is 0.484. The van der Waals surface area contributed by atoms with Gasteiger partial charge in [-0.15, -0.1) is 11.3 Å². The molecule has 2 aliphatic rings. The van der Waals surface area contributed by atoms with Crippen LogP contribution in [-0.2, 0) is 31.3 Å². The molecule has 48 heavy (non-hydrogen) atoms. The number of hydrogen-bond donors (Lipinski definition) is 3. The van der Waals surface area contributed by atoms with Gasteiger partial charge in [0.2, 0.25) is 10.0 Å². The third kappa shape index (κ3) is 9.30. The van der Waals surface area contributed by atoms with E-state index in [-0.39, 0.29) is 21.3 Å². The molecule has 0 spiro atoms. The number of aromatic hydroxyl groups is 1. The molecule has 4 heterocycles. The van der Waals surface area contributed by atoms with Crippen LogP contribution in [0.3, 0.4) is 0 Å². The van der Waals surface area contributed by atoms with E-state index in [1.807, 2.05) is 0 Å². The standard InChI is InChI=1S/C31H37Br2ClN4O7S3/c32-25-18-28(46-29(25)34)48(44,45)38-14-10-21(11-15-38)3-1-2-20-8-12-37(13-9-20)30-26(33)17-24(19-35-30)47(42,43)36-27(31(40)41)16-22-4-6-23(39)7-5-22/h4-7,17-21,27,36,39H,1-3,8-16H2,(H,40,41). The Balaban J connectivity index is 1.07. The number of phenolic OH excluding ortho intramolecular Hbond substituents is 1. The minimum atomic E-state index is -4.19. The topological polar surface area (TPSA) is 157 Å². The molecule has 3 N–H and O–H groups in total. The van der Waals surface area contributed by atoms with Gasteiger partial charge in [-0.25, -0.2) is 21.8 Å². The van der Waals surface area contributed by atoms with Crippen LogP contribution in [0.1, 0.15) is 50.5 Å². The van der Waals surface area contributed by atoms with E-state index >= 15 is 0 Å². The molecule has 0 aliphatic carbocycles. The van der Waals surface area contributed by atoms with Crippen molar-refractivity contribution in [1.29, 1.82) is 0 Å². The number of carboxylic acids is 1. The minimum absolute atomic E-state index is 0.0300. The van der Waals surface area contributed by atoms with Crippen molar-refractivity contribution >= 4 is 86.6 Å². The second-order valence-corrected chi connectivity index (χ2v) is 19.5. The number of halogens is 3. The average molecular weight is 869 g/mol. The van der Waals surface area contributed by atoms with E-state index in [0.717, 1.165) is 69.4 Å². The van der Waals surface area contributed by atoms with Gasteiger partial charge in [-0.1, -0.05) is 43.0 Å². The van der Waals surface area contributed by atoms with Crippen LogP contribution in [-0.4, -0.2) is 74.5 Å². The molecular weight excluding hydrogens is 832 g/mol. The van der Waals surface area contributed by atoms with Gasteiger partial charge in [0.1, 0.15) is 31.1 Å². The summed E-state index contributed by atoms with van der Waals surface area (Å²) in [5, 5.41) is 19.1. The zero-order chi connectivity index (χ0) is 34.6. The summed E-state index contributed by atoms with van der Waals surface area (Å²) in [6.07, 6.45) is 8.14. The second-order valence-electron chi connectivity index (χ2n) is 12.3. The molecule has 1 atom stereocenters. The van der Waals surface area contributed by atoms with Crippen molar-refractivity contribution in [3.63, 3.8) is 0 Å². The Labute approximate surface area is 307 Å². The maximum atomic E-state index is 13.1. The number of anilines is 1. The van der Waals surface area contributed by atoms with Gasteiger partial charge in [0.15, 0.2) is 0 Å². The maximum Gasteiger partial charge on any atom is 0.322 e. The Morgan fingerprint density at radius 3 is 2.12 bits per heavy atom. The van der Waals surface area contributed by atoms with Crippen LogP contribution in [0.25, 0.3) is 0 Å². The lowest BCUT2D eigenvalue weighted by atomic mass is 9.87. The van der Waals surface area contributed by atoms with Crippen LogP contribution in [0.15, 0.2) is 60.6 Å². The van der Waals surface area contributed by atoms with E-state index in [4.69, 9.17) is 11.6 Å². The Morgan fingerprint density at radius 2 is 1.58 bits per heavy atom. The van der Waals surface area contributed by atoms with Gasteiger partial charge in [0.25, 0.3) is 10.0 Å². The number of thiophene rings is 1. The number of benzene rings is 1. The summed E-state index contributed by atoms with van der Waals surface area (Å²) in [5.74, 6) is 0.447. The van der Waals surface area contributed by atoms with Crippen molar-refractivity contribution < 1.29 is 31.8 Å². The molecule has 17 heteroatoms. The third-order valence-electron chi connectivity index (χ3n) is 9.01. The quantitative estimate of drug-likeness (QED) is 0.175. The molecule has 1 unspecified atom stereocenters. The predicted octanol–water partition coefficient (Wildman–Crippen LogP) is 6.49. The van der Waals surface area contributed by atoms with E-state index in [1.165, 1.54) is 24.4 Å². The number of carboxylic acid groups (broad SMARTS) is 1. The summed E-state index contributed by atoms with van der Waals surface area (Å²) in [4.78, 5) is 18.3. The van der Waals surface area contributed by atoms with Gasteiger partial charge < -0.3 is 15.1 Å². The number of rotatable bonds is 13. The van der Waals surface area contributed by atoms with Gasteiger partial charge in [-0.05, 0) is 106 Å². The summed E-state index contributed by atoms with van der Waals surface area (Å²) in [6, 6.07) is 7.53. The molecule has 1 aromatic carbocycles. The summed E-state index contributed by atoms with van der Waals surface area (Å²) >= 11 is 13.9. The van der Waals surface area contributed by atoms with E-state index in [0.29, 0.717) is 49.6 Å². The molecule has 0 bridgehead atoms. The van der Waals surface area contributed by atoms with Crippen molar-refractivity contribution in [2.75, 3.05) is 31.1 Å². The molecule has 0 amide bonds. The Morgan fingerprint density at radius 1 is 0.979 bits per heavy atom. The highest BCUT2D eigenvalue weighted by Gasteiger charge is 2.32. The fourth-order valence-corrected chi connectivity index (χ4v) is 12.1. The molecule has 2 aliphatic heterocycles. The van der Waals surface area contributed by atoms with Crippen molar-refractivity contribution in [1.82, 2.24) is 14.0 Å². The molecular formula is C31H37Br2ClN4O7S3. The lowest BCUT2D eigenvalue weighted by molar-refractivity contribution is -0.138. The second kappa shape index (κ2) is 16.0. The highest BCUT2D eigenvalue weighted by atomic mass is 79.9. The Hall–Kier alpha value is -1.79. The van der Waals surface area contributed by atoms with Crippen molar-refractivity contribution in [2.24, 2.45) is 11.8 Å². The van der Waals surface area contributed by atoms with E-state index in [2.05, 4.69) is 46.5 Å². The zero-order valence-corrected chi connectivity index (χ0v) is 32.3. The van der Waals surface area contributed by atoms with Crippen molar-refractivity contribution in [3.8, 4) is 5.75 Å². The molecule has 0 radical (unpaired) electrons. The smallest absolute Gasteiger partial charge is 0.322 e. The summed E-state index contributed by atoms with van der Waals surface area (Å²) < 4.78 is 57.9. The molecule has 5 rings (SSSR count).